The fraction of sp³-hybridized carbons (Fsp3) is 0.759. The van der Waals surface area contributed by atoms with Crippen LogP contribution in [0.5, 0.6) is 0 Å². The largest absolute Gasteiger partial charge is 0.494 e. The number of hydrogen-bond acceptors (Lipinski definition) is 1. The van der Waals surface area contributed by atoms with Crippen molar-refractivity contribution in [2.24, 2.45) is 17.8 Å². The van der Waals surface area contributed by atoms with Gasteiger partial charge in [-0.3, -0.25) is 0 Å². The monoisotopic (exact) mass is 415 g/mol. The Bertz CT molecular complexity index is 551. The lowest BCUT2D eigenvalue weighted by Crippen LogP contribution is -2.11. The predicted molar refractivity (Wildman–Crippen MR) is 134 cm³/mol. The van der Waals surface area contributed by atoms with E-state index in [0.717, 1.165) is 18.4 Å². The molecule has 30 heavy (non-hydrogen) atoms. The summed E-state index contributed by atoms with van der Waals surface area (Å²) in [6.07, 6.45) is 21.4. The second-order valence-corrected chi connectivity index (χ2v) is 9.92. The van der Waals surface area contributed by atoms with Gasteiger partial charge in [0.05, 0.1) is 6.61 Å². The van der Waals surface area contributed by atoms with Gasteiger partial charge < -0.3 is 11.2 Å². The highest BCUT2D eigenvalue weighted by molar-refractivity contribution is 5.34. The van der Waals surface area contributed by atoms with Crippen LogP contribution in [-0.4, -0.2) is 6.61 Å². The first-order chi connectivity index (χ1) is 14.4. The molecule has 0 aromatic carbocycles. The summed E-state index contributed by atoms with van der Waals surface area (Å²) in [5, 5.41) is 0. The maximum atomic E-state index is 6.01. The van der Waals surface area contributed by atoms with E-state index in [2.05, 4.69) is 67.0 Å². The third-order valence-corrected chi connectivity index (χ3v) is 6.91. The van der Waals surface area contributed by atoms with Crippen LogP contribution < -0.4 is 0 Å². The molecule has 3 atom stereocenters. The second-order valence-electron chi connectivity index (χ2n) is 9.92. The summed E-state index contributed by atoms with van der Waals surface area (Å²) in [6, 6.07) is 0. The highest BCUT2D eigenvalue weighted by Crippen LogP contribution is 2.34. The van der Waals surface area contributed by atoms with E-state index in [1.54, 1.807) is 5.57 Å². The first-order valence-electron chi connectivity index (χ1n) is 12.8. The van der Waals surface area contributed by atoms with Crippen molar-refractivity contribution in [2.75, 3.05) is 6.61 Å². The first-order valence-corrected chi connectivity index (χ1v) is 12.8. The Morgan fingerprint density at radius 3 is 2.50 bits per heavy atom. The van der Waals surface area contributed by atoms with E-state index < -0.39 is 0 Å². The topological polar surface area (TPSA) is 9.23 Å². The minimum absolute atomic E-state index is 0.628. The van der Waals surface area contributed by atoms with Crippen LogP contribution in [0.2, 0.25) is 0 Å². The molecule has 174 valence electrons. The molecule has 0 aromatic rings. The molecule has 0 spiro atoms. The quantitative estimate of drug-likeness (QED) is 0.138. The third-order valence-electron chi connectivity index (χ3n) is 6.91. The molecule has 1 heteroatoms. The van der Waals surface area contributed by atoms with Crippen molar-refractivity contribution >= 4 is 0 Å². The average molecular weight is 416 g/mol. The molecule has 0 radical (unpaired) electrons. The van der Waals surface area contributed by atoms with Gasteiger partial charge in [0.25, 0.3) is 0 Å². The number of hydrogen-bond donors (Lipinski definition) is 0. The van der Waals surface area contributed by atoms with Gasteiger partial charge in [0.15, 0.2) is 0 Å². The summed E-state index contributed by atoms with van der Waals surface area (Å²) < 4.78 is 6.01. The molecule has 3 unspecified atom stereocenters. The highest BCUT2D eigenvalue weighted by atomic mass is 16.5. The summed E-state index contributed by atoms with van der Waals surface area (Å²) >= 11 is 0. The van der Waals surface area contributed by atoms with Gasteiger partial charge in [-0.05, 0) is 81.8 Å². The first kappa shape index (κ1) is 27.1. The van der Waals surface area contributed by atoms with Gasteiger partial charge in [-0.1, -0.05) is 70.6 Å². The summed E-state index contributed by atoms with van der Waals surface area (Å²) in [7, 11) is 0. The molecule has 1 aliphatic carbocycles. The van der Waals surface area contributed by atoms with Crippen LogP contribution in [0.3, 0.4) is 0 Å². The van der Waals surface area contributed by atoms with Gasteiger partial charge in [-0.25, -0.2) is 0 Å². The van der Waals surface area contributed by atoms with E-state index >= 15 is 0 Å². The van der Waals surface area contributed by atoms with E-state index in [0.29, 0.717) is 5.92 Å². The molecule has 0 fully saturated rings. The molecule has 0 aliphatic heterocycles. The van der Waals surface area contributed by atoms with Gasteiger partial charge in [0.2, 0.25) is 0 Å². The Kier molecular flexibility index (Phi) is 14.2. The Balaban J connectivity index is 2.22. The van der Waals surface area contributed by atoms with Gasteiger partial charge in [-0.2, -0.15) is 13.3 Å². The van der Waals surface area contributed by atoms with E-state index in [9.17, 15) is 0 Å². The van der Waals surface area contributed by atoms with Crippen LogP contribution in [0.1, 0.15) is 119 Å². The number of ether oxygens (including phenoxy) is 1. The van der Waals surface area contributed by atoms with Crippen molar-refractivity contribution in [3.05, 3.63) is 41.1 Å². The lowest BCUT2D eigenvalue weighted by Gasteiger charge is -2.25. The summed E-state index contributed by atoms with van der Waals surface area (Å²) in [5.41, 5.74) is 4.50. The molecule has 0 heterocycles. The third kappa shape index (κ3) is 10.9. The Hall–Kier alpha value is -0.980. The molecule has 0 amide bonds. The van der Waals surface area contributed by atoms with E-state index in [-0.39, 0.29) is 0 Å². The zero-order valence-corrected chi connectivity index (χ0v) is 21.4. The number of unbranched alkanes of at least 4 members (excludes halogenated alkanes) is 2. The molecular weight excluding hydrogens is 364 g/mol. The molecule has 0 aromatic heterocycles. The smallest absolute Gasteiger partial charge is 0.121 e. The molecule has 0 bridgehead atoms. The lowest BCUT2D eigenvalue weighted by atomic mass is 9.86. The van der Waals surface area contributed by atoms with E-state index in [4.69, 9.17) is 4.74 Å². The van der Waals surface area contributed by atoms with Crippen molar-refractivity contribution in [2.45, 2.75) is 119 Å². The van der Waals surface area contributed by atoms with Crippen LogP contribution in [0.25, 0.3) is 0 Å². The fourth-order valence-corrected chi connectivity index (χ4v) is 4.47. The molecule has 0 saturated carbocycles. The zero-order chi connectivity index (χ0) is 22.4. The lowest BCUT2D eigenvalue weighted by molar-refractivity contribution is 0.225. The number of allylic oxidation sites excluding steroid dienone is 5. The Labute approximate surface area is 189 Å². The fourth-order valence-electron chi connectivity index (χ4n) is 4.47. The molecule has 1 rings (SSSR count). The van der Waals surface area contributed by atoms with Crippen LogP contribution in [0.4, 0.5) is 0 Å². The second kappa shape index (κ2) is 15.8. The van der Waals surface area contributed by atoms with Crippen molar-refractivity contribution in [1.29, 1.82) is 0 Å². The minimum atomic E-state index is 0.628. The minimum Gasteiger partial charge on any atom is -0.494 e. The summed E-state index contributed by atoms with van der Waals surface area (Å²) in [6.45, 7) is 16.8. The SMILES string of the molecule is C[CH-]CC/C=C(\C)CCCC(C)CCCC(C)CCC1=CCC(C)C(C)=C1OCC. The van der Waals surface area contributed by atoms with Gasteiger partial charge in [-0.15, -0.1) is 0 Å². The van der Waals surface area contributed by atoms with Crippen molar-refractivity contribution in [1.82, 2.24) is 0 Å². The van der Waals surface area contributed by atoms with E-state index in [1.165, 1.54) is 87.5 Å². The van der Waals surface area contributed by atoms with Crippen LogP contribution in [0, 0.1) is 24.2 Å². The molecular formula is C29H51O-. The molecule has 1 nitrogen and oxygen atoms in total. The maximum absolute atomic E-state index is 6.01. The average Bonchev–Trinajstić information content (AvgIpc) is 2.71. The van der Waals surface area contributed by atoms with Crippen molar-refractivity contribution in [3.8, 4) is 0 Å². The summed E-state index contributed by atoms with van der Waals surface area (Å²) in [5.74, 6) is 3.51. The van der Waals surface area contributed by atoms with Gasteiger partial charge in [0, 0.05) is 0 Å². The standard InChI is InChI=1S/C29H51O/c1-8-10-11-14-23(3)15-12-16-24(4)17-13-18-25(5)19-21-28-22-20-26(6)27(7)29(28)30-9-2/h8,14,22,24-26H,9-13,15-21H2,1-7H3/q-1/b23-14+. The predicted octanol–water partition coefficient (Wildman–Crippen LogP) is 9.61. The Morgan fingerprint density at radius 1 is 1.17 bits per heavy atom. The number of rotatable bonds is 16. The van der Waals surface area contributed by atoms with E-state index in [1.807, 2.05) is 0 Å². The highest BCUT2D eigenvalue weighted by Gasteiger charge is 2.20. The zero-order valence-electron chi connectivity index (χ0n) is 21.4. The Morgan fingerprint density at radius 2 is 1.83 bits per heavy atom. The summed E-state index contributed by atoms with van der Waals surface area (Å²) in [4.78, 5) is 0. The molecule has 1 aliphatic rings. The van der Waals surface area contributed by atoms with Crippen LogP contribution in [-0.2, 0) is 4.74 Å². The van der Waals surface area contributed by atoms with Crippen LogP contribution >= 0.6 is 0 Å². The van der Waals surface area contributed by atoms with Crippen molar-refractivity contribution in [3.63, 3.8) is 0 Å². The molecule has 0 saturated heterocycles. The molecule has 0 N–H and O–H groups in total. The van der Waals surface area contributed by atoms with Gasteiger partial charge in [0.1, 0.15) is 5.76 Å². The maximum Gasteiger partial charge on any atom is 0.121 e. The van der Waals surface area contributed by atoms with Crippen LogP contribution in [0.15, 0.2) is 34.6 Å². The van der Waals surface area contributed by atoms with Crippen molar-refractivity contribution < 1.29 is 4.74 Å². The normalized spacial score (nSPS) is 19.6. The van der Waals surface area contributed by atoms with Gasteiger partial charge >= 0.3 is 0 Å².